The molecule has 3 aromatic rings. The van der Waals surface area contributed by atoms with E-state index in [1.54, 1.807) is 0 Å². The van der Waals surface area contributed by atoms with Gasteiger partial charge in [0.15, 0.2) is 5.82 Å². The Morgan fingerprint density at radius 2 is 1.92 bits per heavy atom. The average Bonchev–Trinajstić information content (AvgIpc) is 3.12. The number of aromatic nitrogens is 4. The van der Waals surface area contributed by atoms with Gasteiger partial charge in [-0.25, -0.2) is 4.68 Å². The molecule has 0 aliphatic carbocycles. The number of nitrogens with zero attached hydrogens (tertiary/aromatic N) is 5. The van der Waals surface area contributed by atoms with Crippen molar-refractivity contribution < 1.29 is 0 Å². The van der Waals surface area contributed by atoms with Gasteiger partial charge in [-0.3, -0.25) is 5.32 Å². The molecule has 6 nitrogen and oxygen atoms in total. The van der Waals surface area contributed by atoms with Gasteiger partial charge < -0.3 is 4.90 Å². The zero-order valence-corrected chi connectivity index (χ0v) is 15.7. The Bertz CT molecular complexity index is 866. The van der Waals surface area contributed by atoms with Crippen LogP contribution in [0.5, 0.6) is 0 Å². The molecule has 1 aliphatic rings. The smallest absolute Gasteiger partial charge is 0.184 e. The van der Waals surface area contributed by atoms with Crippen molar-refractivity contribution in [1.29, 1.82) is 0 Å². The Labute approximate surface area is 158 Å². The van der Waals surface area contributed by atoms with E-state index in [2.05, 4.69) is 41.7 Å². The van der Waals surface area contributed by atoms with E-state index in [1.165, 1.54) is 0 Å². The molecular weight excluding hydrogens is 404 g/mol. The Morgan fingerprint density at radius 1 is 1.12 bits per heavy atom. The molecule has 2 heterocycles. The maximum atomic E-state index is 6.00. The number of piperazine rings is 1. The van der Waals surface area contributed by atoms with E-state index in [-0.39, 0.29) is 6.17 Å². The van der Waals surface area contributed by atoms with E-state index in [1.807, 2.05) is 53.2 Å². The van der Waals surface area contributed by atoms with Crippen molar-refractivity contribution >= 4 is 33.2 Å². The number of nitrogens with one attached hydrogen (secondary N) is 1. The van der Waals surface area contributed by atoms with Crippen LogP contribution in [0.15, 0.2) is 53.0 Å². The maximum absolute atomic E-state index is 6.00. The summed E-state index contributed by atoms with van der Waals surface area (Å²) >= 11 is 9.58. The third-order valence-electron chi connectivity index (χ3n) is 4.25. The van der Waals surface area contributed by atoms with E-state index in [0.717, 1.165) is 46.2 Å². The quantitative estimate of drug-likeness (QED) is 0.705. The van der Waals surface area contributed by atoms with E-state index < -0.39 is 0 Å². The number of halogens is 2. The second kappa shape index (κ2) is 7.11. The minimum absolute atomic E-state index is 0.0125. The number of anilines is 1. The first-order valence-corrected chi connectivity index (χ1v) is 9.16. The molecule has 0 saturated carbocycles. The van der Waals surface area contributed by atoms with Crippen LogP contribution in [0.25, 0.3) is 11.4 Å². The van der Waals surface area contributed by atoms with Gasteiger partial charge in [-0.05, 0) is 46.8 Å². The topological polar surface area (TPSA) is 58.9 Å². The van der Waals surface area contributed by atoms with Gasteiger partial charge in [0.05, 0.1) is 6.54 Å². The van der Waals surface area contributed by atoms with E-state index in [0.29, 0.717) is 0 Å². The fraction of sp³-hybridized carbons (Fsp3) is 0.235. The minimum Gasteiger partial charge on any atom is -0.367 e. The lowest BCUT2D eigenvalue weighted by Crippen LogP contribution is -2.48. The fourth-order valence-electron chi connectivity index (χ4n) is 3.00. The Kier molecular flexibility index (Phi) is 4.70. The summed E-state index contributed by atoms with van der Waals surface area (Å²) in [5.41, 5.74) is 2.12. The monoisotopic (exact) mass is 418 g/mol. The Morgan fingerprint density at radius 3 is 2.72 bits per heavy atom. The largest absolute Gasteiger partial charge is 0.367 e. The standard InChI is InChI=1S/C17H16BrClN6/c18-15-4-2-1-3-14(15)17-21-22-23-25(17)16-11-24(10-9-20-16)13-7-5-12(19)6-8-13/h1-8,16,20H,9-11H2. The highest BCUT2D eigenvalue weighted by molar-refractivity contribution is 9.10. The summed E-state index contributed by atoms with van der Waals surface area (Å²) in [4.78, 5) is 2.31. The Hall–Kier alpha value is -1.96. The molecule has 1 aromatic heterocycles. The van der Waals surface area contributed by atoms with Crippen molar-refractivity contribution in [3.63, 3.8) is 0 Å². The average molecular weight is 420 g/mol. The van der Waals surface area contributed by atoms with Crippen molar-refractivity contribution in [2.75, 3.05) is 24.5 Å². The molecule has 4 rings (SSSR count). The molecule has 1 unspecified atom stereocenters. The molecule has 1 fully saturated rings. The van der Waals surface area contributed by atoms with Crippen LogP contribution in [-0.2, 0) is 0 Å². The van der Waals surface area contributed by atoms with Gasteiger partial charge in [-0.2, -0.15) is 0 Å². The first kappa shape index (κ1) is 16.5. The van der Waals surface area contributed by atoms with Crippen LogP contribution in [0.1, 0.15) is 6.17 Å². The SMILES string of the molecule is Clc1ccc(N2CCNC(n3nnnc3-c3ccccc3Br)C2)cc1. The zero-order valence-electron chi connectivity index (χ0n) is 13.3. The van der Waals surface area contributed by atoms with Crippen LogP contribution >= 0.6 is 27.5 Å². The third-order valence-corrected chi connectivity index (χ3v) is 5.19. The number of hydrogen-bond acceptors (Lipinski definition) is 5. The second-order valence-corrected chi connectivity index (χ2v) is 7.11. The summed E-state index contributed by atoms with van der Waals surface area (Å²) in [5, 5.41) is 16.6. The first-order chi connectivity index (χ1) is 12.2. The molecule has 1 atom stereocenters. The summed E-state index contributed by atoms with van der Waals surface area (Å²) in [6.07, 6.45) is -0.0125. The van der Waals surface area contributed by atoms with Crippen molar-refractivity contribution in [2.45, 2.75) is 6.17 Å². The number of benzene rings is 2. The molecule has 1 N–H and O–H groups in total. The van der Waals surface area contributed by atoms with Crippen LogP contribution in [-0.4, -0.2) is 39.8 Å². The molecular formula is C17H16BrClN6. The highest BCUT2D eigenvalue weighted by Crippen LogP contribution is 2.28. The van der Waals surface area contributed by atoms with Gasteiger partial charge in [0.1, 0.15) is 6.17 Å². The van der Waals surface area contributed by atoms with Gasteiger partial charge >= 0.3 is 0 Å². The van der Waals surface area contributed by atoms with Gasteiger partial charge in [0.25, 0.3) is 0 Å². The fourth-order valence-corrected chi connectivity index (χ4v) is 3.59. The van der Waals surface area contributed by atoms with Crippen molar-refractivity contribution in [3.05, 3.63) is 58.0 Å². The van der Waals surface area contributed by atoms with Crippen molar-refractivity contribution in [3.8, 4) is 11.4 Å². The van der Waals surface area contributed by atoms with Crippen LogP contribution in [0.4, 0.5) is 5.69 Å². The maximum Gasteiger partial charge on any atom is 0.184 e. The van der Waals surface area contributed by atoms with Crippen molar-refractivity contribution in [1.82, 2.24) is 25.5 Å². The highest BCUT2D eigenvalue weighted by Gasteiger charge is 2.25. The molecule has 25 heavy (non-hydrogen) atoms. The Balaban J connectivity index is 1.62. The summed E-state index contributed by atoms with van der Waals surface area (Å²) in [6.45, 7) is 2.54. The van der Waals surface area contributed by atoms with Gasteiger partial charge in [-0.15, -0.1) is 5.10 Å². The molecule has 1 aliphatic heterocycles. The van der Waals surface area contributed by atoms with E-state index in [4.69, 9.17) is 11.6 Å². The van der Waals surface area contributed by atoms with E-state index in [9.17, 15) is 0 Å². The molecule has 128 valence electrons. The second-order valence-electron chi connectivity index (χ2n) is 5.82. The van der Waals surface area contributed by atoms with Crippen LogP contribution < -0.4 is 10.2 Å². The lowest BCUT2D eigenvalue weighted by atomic mass is 10.2. The molecule has 0 radical (unpaired) electrons. The normalized spacial score (nSPS) is 17.7. The van der Waals surface area contributed by atoms with Crippen LogP contribution in [0.2, 0.25) is 5.02 Å². The predicted molar refractivity (Wildman–Crippen MR) is 102 cm³/mol. The van der Waals surface area contributed by atoms with Gasteiger partial charge in [0.2, 0.25) is 0 Å². The summed E-state index contributed by atoms with van der Waals surface area (Å²) in [5.74, 6) is 0.739. The van der Waals surface area contributed by atoms with Gasteiger partial charge in [-0.1, -0.05) is 39.7 Å². The summed E-state index contributed by atoms with van der Waals surface area (Å²) in [6, 6.07) is 15.9. The van der Waals surface area contributed by atoms with Crippen molar-refractivity contribution in [2.24, 2.45) is 0 Å². The molecule has 0 spiro atoms. The summed E-state index contributed by atoms with van der Waals surface area (Å²) in [7, 11) is 0. The molecule has 2 aromatic carbocycles. The van der Waals surface area contributed by atoms with Crippen LogP contribution in [0, 0.1) is 0 Å². The number of hydrogen-bond donors (Lipinski definition) is 1. The van der Waals surface area contributed by atoms with E-state index >= 15 is 0 Å². The zero-order chi connectivity index (χ0) is 17.2. The third kappa shape index (κ3) is 3.40. The molecule has 8 heteroatoms. The first-order valence-electron chi connectivity index (χ1n) is 7.99. The highest BCUT2D eigenvalue weighted by atomic mass is 79.9. The lowest BCUT2D eigenvalue weighted by molar-refractivity contribution is 0.338. The number of rotatable bonds is 3. The minimum atomic E-state index is -0.0125. The summed E-state index contributed by atoms with van der Waals surface area (Å²) < 4.78 is 2.82. The lowest BCUT2D eigenvalue weighted by Gasteiger charge is -2.35. The molecule has 0 bridgehead atoms. The number of tetrazole rings is 1. The van der Waals surface area contributed by atoms with Gasteiger partial charge in [0, 0.05) is 33.8 Å². The predicted octanol–water partition coefficient (Wildman–Crippen LogP) is 3.36. The van der Waals surface area contributed by atoms with Crippen LogP contribution in [0.3, 0.4) is 0 Å². The molecule has 1 saturated heterocycles. The molecule has 0 amide bonds.